The fourth-order valence-corrected chi connectivity index (χ4v) is 2.89. The summed E-state index contributed by atoms with van der Waals surface area (Å²) in [5.41, 5.74) is 1.09. The third kappa shape index (κ3) is 2.93. The molecule has 1 aromatic heterocycles. The van der Waals surface area contributed by atoms with Crippen molar-refractivity contribution in [3.63, 3.8) is 0 Å². The summed E-state index contributed by atoms with van der Waals surface area (Å²) in [5, 5.41) is 4.84. The smallest absolute Gasteiger partial charge is 0.129 e. The fourth-order valence-electron chi connectivity index (χ4n) is 2.89. The lowest BCUT2D eigenvalue weighted by molar-refractivity contribution is 0.415. The minimum Gasteiger partial charge on any atom is -0.356 e. The average molecular weight is 269 g/mol. The number of rotatable bonds is 4. The first-order valence-corrected chi connectivity index (χ1v) is 7.71. The molecule has 1 aliphatic heterocycles. The van der Waals surface area contributed by atoms with Gasteiger partial charge in [-0.2, -0.15) is 0 Å². The van der Waals surface area contributed by atoms with Crippen LogP contribution in [0.2, 0.25) is 0 Å². The maximum Gasteiger partial charge on any atom is 0.129 e. The molecule has 2 heterocycles. The van der Waals surface area contributed by atoms with Gasteiger partial charge >= 0.3 is 0 Å². The monoisotopic (exact) mass is 269 g/mol. The zero-order valence-corrected chi connectivity index (χ0v) is 12.2. The van der Waals surface area contributed by atoms with E-state index in [-0.39, 0.29) is 0 Å². The minimum absolute atomic E-state index is 0.687. The summed E-state index contributed by atoms with van der Waals surface area (Å²) in [7, 11) is 0. The van der Waals surface area contributed by atoms with Crippen molar-refractivity contribution in [2.45, 2.75) is 32.2 Å². The normalized spacial score (nSPS) is 16.8. The molecule has 1 saturated heterocycles. The van der Waals surface area contributed by atoms with E-state index in [9.17, 15) is 0 Å². The number of nitrogens with one attached hydrogen (secondary N) is 1. The molecule has 0 radical (unpaired) electrons. The summed E-state index contributed by atoms with van der Waals surface area (Å²) in [5.74, 6) is 1.12. The van der Waals surface area contributed by atoms with Crippen molar-refractivity contribution in [2.75, 3.05) is 24.5 Å². The van der Waals surface area contributed by atoms with Crippen molar-refractivity contribution in [1.82, 2.24) is 10.3 Å². The summed E-state index contributed by atoms with van der Waals surface area (Å²) < 4.78 is 0. The Labute approximate surface area is 121 Å². The zero-order chi connectivity index (χ0) is 13.8. The Hall–Kier alpha value is -1.61. The zero-order valence-electron chi connectivity index (χ0n) is 12.2. The number of hydrogen-bond donors (Lipinski definition) is 1. The molecular formula is C17H23N3. The summed E-state index contributed by atoms with van der Waals surface area (Å²) in [6, 6.07) is 13.4. The molecule has 0 amide bonds. The van der Waals surface area contributed by atoms with E-state index in [4.69, 9.17) is 4.98 Å². The van der Waals surface area contributed by atoms with E-state index < -0.39 is 0 Å². The van der Waals surface area contributed by atoms with Crippen molar-refractivity contribution in [2.24, 2.45) is 0 Å². The second kappa shape index (κ2) is 6.23. The third-order valence-electron chi connectivity index (χ3n) is 4.09. The Bertz CT molecular complexity index is 559. The molecule has 106 valence electrons. The first kappa shape index (κ1) is 13.4. The number of aromatic nitrogens is 1. The van der Waals surface area contributed by atoms with Gasteiger partial charge in [0.2, 0.25) is 0 Å². The van der Waals surface area contributed by atoms with Crippen LogP contribution in [0.1, 0.15) is 26.2 Å². The van der Waals surface area contributed by atoms with Gasteiger partial charge in [0, 0.05) is 24.5 Å². The number of para-hydroxylation sites is 1. The Kier molecular flexibility index (Phi) is 4.16. The number of pyridine rings is 1. The number of fused-ring (bicyclic) bond motifs is 1. The number of anilines is 1. The maximum absolute atomic E-state index is 4.79. The molecule has 0 atom stereocenters. The Morgan fingerprint density at radius 3 is 2.75 bits per heavy atom. The predicted molar refractivity (Wildman–Crippen MR) is 85.3 cm³/mol. The first-order valence-electron chi connectivity index (χ1n) is 7.71. The van der Waals surface area contributed by atoms with Crippen LogP contribution in [-0.2, 0) is 0 Å². The van der Waals surface area contributed by atoms with Gasteiger partial charge in [-0.05, 0) is 44.0 Å². The Morgan fingerprint density at radius 1 is 1.15 bits per heavy atom. The SMILES string of the molecule is CCCNC1CCN(c2ccc3ccccc3n2)CC1. The predicted octanol–water partition coefficient (Wildman–Crippen LogP) is 3.20. The minimum atomic E-state index is 0.687. The van der Waals surface area contributed by atoms with Crippen LogP contribution in [0.25, 0.3) is 10.9 Å². The molecule has 0 spiro atoms. The highest BCUT2D eigenvalue weighted by Crippen LogP contribution is 2.21. The molecule has 1 aromatic carbocycles. The average Bonchev–Trinajstić information content (AvgIpc) is 2.53. The highest BCUT2D eigenvalue weighted by molar-refractivity contribution is 5.80. The van der Waals surface area contributed by atoms with Crippen LogP contribution in [0.3, 0.4) is 0 Å². The van der Waals surface area contributed by atoms with E-state index >= 15 is 0 Å². The van der Waals surface area contributed by atoms with Crippen molar-refractivity contribution >= 4 is 16.7 Å². The lowest BCUT2D eigenvalue weighted by Crippen LogP contribution is -2.43. The van der Waals surface area contributed by atoms with Crippen LogP contribution in [0.4, 0.5) is 5.82 Å². The van der Waals surface area contributed by atoms with Gasteiger partial charge in [0.25, 0.3) is 0 Å². The summed E-state index contributed by atoms with van der Waals surface area (Å²) in [6.07, 6.45) is 3.65. The molecular weight excluding hydrogens is 246 g/mol. The molecule has 0 aliphatic carbocycles. The van der Waals surface area contributed by atoms with Gasteiger partial charge in [-0.3, -0.25) is 0 Å². The summed E-state index contributed by atoms with van der Waals surface area (Å²) in [4.78, 5) is 7.20. The highest BCUT2D eigenvalue weighted by Gasteiger charge is 2.19. The van der Waals surface area contributed by atoms with Gasteiger partial charge < -0.3 is 10.2 Å². The van der Waals surface area contributed by atoms with Crippen LogP contribution in [0.5, 0.6) is 0 Å². The third-order valence-corrected chi connectivity index (χ3v) is 4.09. The van der Waals surface area contributed by atoms with Gasteiger partial charge in [0.05, 0.1) is 5.52 Å². The second-order valence-electron chi connectivity index (χ2n) is 5.58. The van der Waals surface area contributed by atoms with E-state index in [2.05, 4.69) is 53.5 Å². The van der Waals surface area contributed by atoms with Crippen LogP contribution in [0.15, 0.2) is 36.4 Å². The molecule has 2 aromatic rings. The lowest BCUT2D eigenvalue weighted by Gasteiger charge is -2.33. The maximum atomic E-state index is 4.79. The highest BCUT2D eigenvalue weighted by atomic mass is 15.2. The standard InChI is InChI=1S/C17H23N3/c1-2-11-18-15-9-12-20(13-10-15)17-8-7-14-5-3-4-6-16(14)19-17/h3-8,15,18H,2,9-13H2,1H3. The molecule has 1 fully saturated rings. The van der Waals surface area contributed by atoms with Crippen molar-refractivity contribution < 1.29 is 0 Å². The summed E-state index contributed by atoms with van der Waals surface area (Å²) >= 11 is 0. The number of piperidine rings is 1. The Balaban J connectivity index is 1.67. The first-order chi connectivity index (χ1) is 9.86. The second-order valence-corrected chi connectivity index (χ2v) is 5.58. The largest absolute Gasteiger partial charge is 0.356 e. The molecule has 1 aliphatic rings. The van der Waals surface area contributed by atoms with Gasteiger partial charge in [-0.25, -0.2) is 4.98 Å². The van der Waals surface area contributed by atoms with E-state index in [0.29, 0.717) is 6.04 Å². The van der Waals surface area contributed by atoms with Crippen LogP contribution >= 0.6 is 0 Å². The molecule has 20 heavy (non-hydrogen) atoms. The molecule has 3 heteroatoms. The molecule has 0 unspecified atom stereocenters. The van der Waals surface area contributed by atoms with E-state index in [1.165, 1.54) is 24.6 Å². The topological polar surface area (TPSA) is 28.2 Å². The number of hydrogen-bond acceptors (Lipinski definition) is 3. The molecule has 1 N–H and O–H groups in total. The van der Waals surface area contributed by atoms with Gasteiger partial charge in [-0.1, -0.05) is 25.1 Å². The molecule has 3 rings (SSSR count). The quantitative estimate of drug-likeness (QED) is 0.924. The van der Waals surface area contributed by atoms with E-state index in [1.807, 2.05) is 0 Å². The van der Waals surface area contributed by atoms with Crippen LogP contribution in [0, 0.1) is 0 Å². The molecule has 3 nitrogen and oxygen atoms in total. The number of benzene rings is 1. The van der Waals surface area contributed by atoms with E-state index in [0.717, 1.165) is 31.0 Å². The number of nitrogens with zero attached hydrogens (tertiary/aromatic N) is 2. The Morgan fingerprint density at radius 2 is 1.95 bits per heavy atom. The van der Waals surface area contributed by atoms with Gasteiger partial charge in [0.15, 0.2) is 0 Å². The van der Waals surface area contributed by atoms with E-state index in [1.54, 1.807) is 0 Å². The van der Waals surface area contributed by atoms with Crippen molar-refractivity contribution in [3.8, 4) is 0 Å². The summed E-state index contributed by atoms with van der Waals surface area (Å²) in [6.45, 7) is 5.57. The van der Waals surface area contributed by atoms with Crippen molar-refractivity contribution in [1.29, 1.82) is 0 Å². The van der Waals surface area contributed by atoms with Crippen molar-refractivity contribution in [3.05, 3.63) is 36.4 Å². The van der Waals surface area contributed by atoms with Gasteiger partial charge in [-0.15, -0.1) is 0 Å². The van der Waals surface area contributed by atoms with Crippen LogP contribution < -0.4 is 10.2 Å². The van der Waals surface area contributed by atoms with Crippen LogP contribution in [-0.4, -0.2) is 30.7 Å². The van der Waals surface area contributed by atoms with Gasteiger partial charge in [0.1, 0.15) is 5.82 Å². The molecule has 0 saturated carbocycles. The molecule has 0 bridgehead atoms. The lowest BCUT2D eigenvalue weighted by atomic mass is 10.0. The fraction of sp³-hybridized carbons (Fsp3) is 0.471.